The molecule has 3 atom stereocenters. The molecule has 2 aliphatic heterocycles. The molecular formula is C33H40N4O6. The van der Waals surface area contributed by atoms with Crippen molar-refractivity contribution in [2.75, 3.05) is 49.2 Å². The fourth-order valence-electron chi connectivity index (χ4n) is 5.32. The highest BCUT2D eigenvalue weighted by atomic mass is 16.7. The van der Waals surface area contributed by atoms with Crippen LogP contribution in [-0.2, 0) is 30.4 Å². The summed E-state index contributed by atoms with van der Waals surface area (Å²) in [4.78, 5) is 27.3. The number of benzene rings is 3. The normalized spacial score (nSPS) is 20.8. The number of nitrogens with one attached hydrogen (secondary N) is 2. The number of hydrogen-bond acceptors (Lipinski definition) is 8. The number of aliphatic hydroxyl groups excluding tert-OH is 1. The fourth-order valence-corrected chi connectivity index (χ4v) is 5.32. The second-order valence-corrected chi connectivity index (χ2v) is 10.9. The lowest BCUT2D eigenvalue weighted by molar-refractivity contribution is -0.253. The van der Waals surface area contributed by atoms with Crippen molar-refractivity contribution in [1.29, 1.82) is 0 Å². The smallest absolute Gasteiger partial charge is 0.224 e. The Morgan fingerprint density at radius 3 is 2.37 bits per heavy atom. The first-order valence-electron chi connectivity index (χ1n) is 14.8. The Labute approximate surface area is 252 Å². The van der Waals surface area contributed by atoms with Gasteiger partial charge in [-0.05, 0) is 41.8 Å². The molecule has 0 aliphatic carbocycles. The minimum atomic E-state index is -0.617. The summed E-state index contributed by atoms with van der Waals surface area (Å²) in [5.41, 5.74) is 10.3. The third-order valence-corrected chi connectivity index (χ3v) is 7.67. The number of nitrogens with two attached hydrogens (primary N) is 1. The van der Waals surface area contributed by atoms with Gasteiger partial charge in [-0.1, -0.05) is 48.5 Å². The fraction of sp³-hybridized carbons (Fsp3) is 0.394. The number of aliphatic hydroxyl groups is 1. The maximum atomic E-state index is 12.7. The Hall–Kier alpha value is -3.80. The molecule has 2 heterocycles. The topological polar surface area (TPSA) is 135 Å². The Bertz CT molecular complexity index is 1360. The predicted molar refractivity (Wildman–Crippen MR) is 164 cm³/mol. The highest BCUT2D eigenvalue weighted by molar-refractivity contribution is 5.94. The van der Waals surface area contributed by atoms with E-state index in [0.29, 0.717) is 43.1 Å². The molecule has 5 rings (SSSR count). The van der Waals surface area contributed by atoms with Crippen LogP contribution in [0.4, 0.5) is 17.1 Å². The van der Waals surface area contributed by atoms with Gasteiger partial charge in [0.05, 0.1) is 43.4 Å². The van der Waals surface area contributed by atoms with Crippen molar-refractivity contribution in [2.45, 2.75) is 50.8 Å². The van der Waals surface area contributed by atoms with Crippen molar-refractivity contribution in [3.8, 4) is 0 Å². The standard InChI is InChI=1S/C33H40N4O6/c34-28-7-1-2-8-29(28)36-32(40)10-4-9-31(39)35-26-6-3-5-25(19-26)33-42-27(21-37-15-17-41-18-16-37)20-30(43-33)24-13-11-23(22-38)12-14-24/h1-3,5-8,11-14,19,27,30,33,38H,4,9-10,15-18,20-22,34H2,(H,35,39)(H,36,40). The Balaban J connectivity index is 1.19. The number of nitrogen functional groups attached to an aromatic ring is 1. The molecule has 10 heteroatoms. The molecule has 0 saturated carbocycles. The molecule has 3 aromatic rings. The highest BCUT2D eigenvalue weighted by Gasteiger charge is 2.33. The zero-order valence-corrected chi connectivity index (χ0v) is 24.2. The van der Waals surface area contributed by atoms with E-state index in [9.17, 15) is 14.7 Å². The first kappa shape index (κ1) is 30.7. The van der Waals surface area contributed by atoms with Crippen LogP contribution in [0.3, 0.4) is 0 Å². The lowest BCUT2D eigenvalue weighted by Crippen LogP contribution is -2.44. The van der Waals surface area contributed by atoms with E-state index in [4.69, 9.17) is 19.9 Å². The first-order chi connectivity index (χ1) is 21.0. The van der Waals surface area contributed by atoms with Crippen LogP contribution in [-0.4, -0.2) is 60.8 Å². The number of nitrogens with zero attached hydrogens (tertiary/aromatic N) is 1. The van der Waals surface area contributed by atoms with Crippen molar-refractivity contribution >= 4 is 28.9 Å². The summed E-state index contributed by atoms with van der Waals surface area (Å²) in [6, 6.07) is 22.4. The van der Waals surface area contributed by atoms with Gasteiger partial charge in [-0.15, -0.1) is 0 Å². The van der Waals surface area contributed by atoms with Gasteiger partial charge in [-0.3, -0.25) is 14.5 Å². The van der Waals surface area contributed by atoms with Gasteiger partial charge in [-0.25, -0.2) is 0 Å². The minimum Gasteiger partial charge on any atom is -0.397 e. The molecule has 43 heavy (non-hydrogen) atoms. The van der Waals surface area contributed by atoms with Crippen molar-refractivity contribution in [3.63, 3.8) is 0 Å². The predicted octanol–water partition coefficient (Wildman–Crippen LogP) is 4.39. The van der Waals surface area contributed by atoms with E-state index >= 15 is 0 Å². The minimum absolute atomic E-state index is 0.00822. The average Bonchev–Trinajstić information content (AvgIpc) is 3.03. The van der Waals surface area contributed by atoms with Crippen LogP contribution in [0.15, 0.2) is 72.8 Å². The molecule has 5 N–H and O–H groups in total. The molecule has 2 amide bonds. The summed E-state index contributed by atoms with van der Waals surface area (Å²) in [5.74, 6) is -0.367. The highest BCUT2D eigenvalue weighted by Crippen LogP contribution is 2.38. The molecular weight excluding hydrogens is 548 g/mol. The summed E-state index contributed by atoms with van der Waals surface area (Å²) < 4.78 is 18.4. The molecule has 0 bridgehead atoms. The summed E-state index contributed by atoms with van der Waals surface area (Å²) in [6.07, 6.45) is 0.644. The molecule has 228 valence electrons. The van der Waals surface area contributed by atoms with Crippen LogP contribution in [0.2, 0.25) is 0 Å². The molecule has 3 aromatic carbocycles. The summed E-state index contributed by atoms with van der Waals surface area (Å²) in [5, 5.41) is 15.2. The maximum absolute atomic E-state index is 12.7. The van der Waals surface area contributed by atoms with E-state index < -0.39 is 6.29 Å². The van der Waals surface area contributed by atoms with Gasteiger partial charge in [0.2, 0.25) is 11.8 Å². The van der Waals surface area contributed by atoms with E-state index in [0.717, 1.165) is 36.3 Å². The van der Waals surface area contributed by atoms with E-state index in [-0.39, 0.29) is 43.5 Å². The third kappa shape index (κ3) is 8.85. The van der Waals surface area contributed by atoms with Gasteiger partial charge < -0.3 is 35.7 Å². The van der Waals surface area contributed by atoms with Gasteiger partial charge in [-0.2, -0.15) is 0 Å². The van der Waals surface area contributed by atoms with E-state index in [2.05, 4.69) is 15.5 Å². The number of anilines is 3. The Kier molecular flexibility index (Phi) is 10.8. The summed E-state index contributed by atoms with van der Waals surface area (Å²) in [7, 11) is 0. The Morgan fingerprint density at radius 1 is 0.884 bits per heavy atom. The van der Waals surface area contributed by atoms with Gasteiger partial charge >= 0.3 is 0 Å². The number of carbonyl (C=O) groups excluding carboxylic acids is 2. The number of para-hydroxylation sites is 2. The molecule has 10 nitrogen and oxygen atoms in total. The molecule has 0 spiro atoms. The SMILES string of the molecule is Nc1ccccc1NC(=O)CCCC(=O)Nc1cccc(C2OC(CN3CCOCC3)CC(c3ccc(CO)cc3)O2)c1. The van der Waals surface area contributed by atoms with E-state index in [1.807, 2.05) is 48.5 Å². The summed E-state index contributed by atoms with van der Waals surface area (Å²) in [6.45, 7) is 3.93. The molecule has 2 saturated heterocycles. The van der Waals surface area contributed by atoms with Crippen molar-refractivity contribution < 1.29 is 28.9 Å². The number of hydrogen-bond donors (Lipinski definition) is 4. The number of ether oxygens (including phenoxy) is 3. The first-order valence-corrected chi connectivity index (χ1v) is 14.8. The van der Waals surface area contributed by atoms with E-state index in [1.54, 1.807) is 24.3 Å². The van der Waals surface area contributed by atoms with Gasteiger partial charge in [0, 0.05) is 50.1 Å². The van der Waals surface area contributed by atoms with E-state index in [1.165, 1.54) is 0 Å². The second kappa shape index (κ2) is 15.1. The lowest BCUT2D eigenvalue weighted by Gasteiger charge is -2.39. The molecule has 0 aromatic heterocycles. The van der Waals surface area contributed by atoms with Gasteiger partial charge in [0.15, 0.2) is 6.29 Å². The van der Waals surface area contributed by atoms with Crippen LogP contribution < -0.4 is 16.4 Å². The quantitative estimate of drug-likeness (QED) is 0.242. The number of rotatable bonds is 11. The van der Waals surface area contributed by atoms with Gasteiger partial charge in [0.25, 0.3) is 0 Å². The summed E-state index contributed by atoms with van der Waals surface area (Å²) >= 11 is 0. The van der Waals surface area contributed by atoms with Crippen molar-refractivity contribution in [3.05, 3.63) is 89.5 Å². The zero-order valence-electron chi connectivity index (χ0n) is 24.2. The monoisotopic (exact) mass is 588 g/mol. The lowest BCUT2D eigenvalue weighted by atomic mass is 9.99. The van der Waals surface area contributed by atoms with Crippen molar-refractivity contribution in [2.24, 2.45) is 0 Å². The molecule has 0 radical (unpaired) electrons. The Morgan fingerprint density at radius 2 is 1.63 bits per heavy atom. The van der Waals surface area contributed by atoms with Gasteiger partial charge in [0.1, 0.15) is 0 Å². The van der Waals surface area contributed by atoms with Crippen LogP contribution in [0.1, 0.15) is 54.8 Å². The van der Waals surface area contributed by atoms with Crippen LogP contribution >= 0.6 is 0 Å². The van der Waals surface area contributed by atoms with Crippen LogP contribution in [0.25, 0.3) is 0 Å². The maximum Gasteiger partial charge on any atom is 0.224 e. The van der Waals surface area contributed by atoms with Crippen molar-refractivity contribution in [1.82, 2.24) is 4.90 Å². The molecule has 2 aliphatic rings. The number of morpholine rings is 1. The molecule has 2 fully saturated rings. The second-order valence-electron chi connectivity index (χ2n) is 10.9. The average molecular weight is 589 g/mol. The zero-order chi connectivity index (χ0) is 30.0. The molecule has 3 unspecified atom stereocenters. The van der Waals surface area contributed by atoms with Crippen LogP contribution in [0.5, 0.6) is 0 Å². The largest absolute Gasteiger partial charge is 0.397 e. The number of amides is 2. The third-order valence-electron chi connectivity index (χ3n) is 7.67. The number of carbonyl (C=O) groups is 2. The van der Waals surface area contributed by atoms with Crippen LogP contribution in [0, 0.1) is 0 Å².